The molecule has 0 aliphatic carbocycles. The number of hydrogen-bond acceptors (Lipinski definition) is 4. The van der Waals surface area contributed by atoms with Crippen molar-refractivity contribution in [3.63, 3.8) is 0 Å². The zero-order valence-corrected chi connectivity index (χ0v) is 15.0. The van der Waals surface area contributed by atoms with Crippen molar-refractivity contribution in [3.8, 4) is 17.1 Å². The number of rotatable bonds is 3. The smallest absolute Gasteiger partial charge is 0.254 e. The van der Waals surface area contributed by atoms with E-state index in [2.05, 4.69) is 5.16 Å². The molecule has 4 rings (SSSR count). The SMILES string of the molecule is COc1ccc(C(=O)N2CCc3noc(-c4ccc(Cl)cc4)c3C2)cc1. The number of carbonyl (C=O) groups excluding carboxylic acids is 1. The van der Waals surface area contributed by atoms with Crippen LogP contribution < -0.4 is 4.74 Å². The first-order valence-corrected chi connectivity index (χ1v) is 8.70. The predicted octanol–water partition coefficient (Wildman–Crippen LogP) is 4.20. The van der Waals surface area contributed by atoms with Crippen molar-refractivity contribution in [1.29, 1.82) is 0 Å². The van der Waals surface area contributed by atoms with E-state index in [0.29, 0.717) is 35.9 Å². The molecule has 3 aromatic rings. The number of halogens is 1. The van der Waals surface area contributed by atoms with Crippen molar-refractivity contribution in [2.75, 3.05) is 13.7 Å². The third-order valence-corrected chi connectivity index (χ3v) is 4.82. The number of amides is 1. The van der Waals surface area contributed by atoms with Gasteiger partial charge in [-0.1, -0.05) is 16.8 Å². The molecule has 0 saturated carbocycles. The van der Waals surface area contributed by atoms with Crippen LogP contribution in [0.5, 0.6) is 5.75 Å². The molecule has 132 valence electrons. The van der Waals surface area contributed by atoms with Crippen LogP contribution in [0, 0.1) is 0 Å². The maximum atomic E-state index is 12.8. The molecule has 0 unspecified atom stereocenters. The predicted molar refractivity (Wildman–Crippen MR) is 98.4 cm³/mol. The molecular weight excluding hydrogens is 352 g/mol. The number of benzene rings is 2. The van der Waals surface area contributed by atoms with Crippen molar-refractivity contribution >= 4 is 17.5 Å². The number of aromatic nitrogens is 1. The Morgan fingerprint density at radius 2 is 1.88 bits per heavy atom. The van der Waals surface area contributed by atoms with E-state index in [1.807, 2.05) is 29.2 Å². The van der Waals surface area contributed by atoms with Crippen molar-refractivity contribution in [3.05, 3.63) is 70.4 Å². The third-order valence-electron chi connectivity index (χ3n) is 4.57. The minimum atomic E-state index is -0.0124. The van der Waals surface area contributed by atoms with Crippen molar-refractivity contribution < 1.29 is 14.1 Å². The Morgan fingerprint density at radius 1 is 1.15 bits per heavy atom. The average molecular weight is 369 g/mol. The number of fused-ring (bicyclic) bond motifs is 1. The minimum Gasteiger partial charge on any atom is -0.497 e. The van der Waals surface area contributed by atoms with Gasteiger partial charge in [-0.2, -0.15) is 0 Å². The topological polar surface area (TPSA) is 55.6 Å². The second-order valence-electron chi connectivity index (χ2n) is 6.15. The lowest BCUT2D eigenvalue weighted by atomic mass is 10.0. The number of carbonyl (C=O) groups is 1. The van der Waals surface area contributed by atoms with Crippen LogP contribution >= 0.6 is 11.6 Å². The highest BCUT2D eigenvalue weighted by atomic mass is 35.5. The normalized spacial score (nSPS) is 13.4. The molecule has 6 heteroatoms. The van der Waals surface area contributed by atoms with Crippen LogP contribution in [0.1, 0.15) is 21.6 Å². The van der Waals surface area contributed by atoms with Gasteiger partial charge >= 0.3 is 0 Å². The standard InChI is InChI=1S/C20H17ClN2O3/c1-25-16-8-4-14(5-9-16)20(24)23-11-10-18-17(12-23)19(26-22-18)13-2-6-15(21)7-3-13/h2-9H,10-12H2,1H3. The van der Waals surface area contributed by atoms with Crippen LogP contribution in [0.15, 0.2) is 53.1 Å². The molecule has 5 nitrogen and oxygen atoms in total. The van der Waals surface area contributed by atoms with E-state index in [-0.39, 0.29) is 5.91 Å². The van der Waals surface area contributed by atoms with Gasteiger partial charge in [0.2, 0.25) is 0 Å². The van der Waals surface area contributed by atoms with E-state index in [9.17, 15) is 4.79 Å². The maximum Gasteiger partial charge on any atom is 0.254 e. The summed E-state index contributed by atoms with van der Waals surface area (Å²) in [6.07, 6.45) is 0.675. The molecule has 0 bridgehead atoms. The Kier molecular flexibility index (Phi) is 4.39. The van der Waals surface area contributed by atoms with Crippen LogP contribution in [0.4, 0.5) is 0 Å². The van der Waals surface area contributed by atoms with Crippen molar-refractivity contribution in [2.24, 2.45) is 0 Å². The van der Waals surface area contributed by atoms with Gasteiger partial charge < -0.3 is 14.2 Å². The number of methoxy groups -OCH3 is 1. The molecule has 1 aromatic heterocycles. The van der Waals surface area contributed by atoms with Gasteiger partial charge in [-0.15, -0.1) is 0 Å². The number of hydrogen-bond donors (Lipinski definition) is 0. The lowest BCUT2D eigenvalue weighted by molar-refractivity contribution is 0.0734. The summed E-state index contributed by atoms with van der Waals surface area (Å²) < 4.78 is 10.7. The Balaban J connectivity index is 1.59. The molecule has 0 N–H and O–H groups in total. The van der Waals surface area contributed by atoms with Crippen LogP contribution in [-0.2, 0) is 13.0 Å². The summed E-state index contributed by atoms with van der Waals surface area (Å²) >= 11 is 5.96. The van der Waals surface area contributed by atoms with Crippen LogP contribution in [0.2, 0.25) is 5.02 Å². The highest BCUT2D eigenvalue weighted by Crippen LogP contribution is 2.31. The summed E-state index contributed by atoms with van der Waals surface area (Å²) in [7, 11) is 1.60. The van der Waals surface area contributed by atoms with Gasteiger partial charge in [0.05, 0.1) is 19.3 Å². The third kappa shape index (κ3) is 3.06. The van der Waals surface area contributed by atoms with Crippen molar-refractivity contribution in [2.45, 2.75) is 13.0 Å². The molecule has 0 fully saturated rings. The van der Waals surface area contributed by atoms with Crippen LogP contribution in [-0.4, -0.2) is 29.6 Å². The summed E-state index contributed by atoms with van der Waals surface area (Å²) in [5.41, 5.74) is 3.41. The van der Waals surface area contributed by atoms with E-state index in [4.69, 9.17) is 20.9 Å². The minimum absolute atomic E-state index is 0.0124. The largest absolute Gasteiger partial charge is 0.497 e. The highest BCUT2D eigenvalue weighted by Gasteiger charge is 2.28. The molecule has 0 atom stereocenters. The van der Waals surface area contributed by atoms with Gasteiger partial charge in [0.1, 0.15) is 5.75 Å². The first-order valence-electron chi connectivity index (χ1n) is 8.32. The van der Waals surface area contributed by atoms with E-state index >= 15 is 0 Å². The first-order chi connectivity index (χ1) is 12.7. The molecule has 0 radical (unpaired) electrons. The Morgan fingerprint density at radius 3 is 2.58 bits per heavy atom. The molecule has 0 spiro atoms. The maximum absolute atomic E-state index is 12.8. The summed E-state index contributed by atoms with van der Waals surface area (Å²) in [5.74, 6) is 1.41. The lowest BCUT2D eigenvalue weighted by Crippen LogP contribution is -2.35. The molecular formula is C20H17ClN2O3. The van der Waals surface area contributed by atoms with E-state index in [1.54, 1.807) is 31.4 Å². The quantitative estimate of drug-likeness (QED) is 0.695. The van der Waals surface area contributed by atoms with Gasteiger partial charge in [0.25, 0.3) is 5.91 Å². The number of ether oxygens (including phenoxy) is 1. The monoisotopic (exact) mass is 368 g/mol. The molecule has 1 aliphatic heterocycles. The Bertz CT molecular complexity index is 933. The van der Waals surface area contributed by atoms with Crippen molar-refractivity contribution in [1.82, 2.24) is 10.1 Å². The van der Waals surface area contributed by atoms with E-state index in [0.717, 1.165) is 22.6 Å². The van der Waals surface area contributed by atoms with E-state index < -0.39 is 0 Å². The lowest BCUT2D eigenvalue weighted by Gasteiger charge is -2.26. The fraction of sp³-hybridized carbons (Fsp3) is 0.200. The fourth-order valence-electron chi connectivity index (χ4n) is 3.13. The van der Waals surface area contributed by atoms with Gasteiger partial charge in [-0.25, -0.2) is 0 Å². The van der Waals surface area contributed by atoms with Gasteiger partial charge in [-0.3, -0.25) is 4.79 Å². The molecule has 1 amide bonds. The zero-order chi connectivity index (χ0) is 18.1. The summed E-state index contributed by atoms with van der Waals surface area (Å²) in [6, 6.07) is 14.6. The van der Waals surface area contributed by atoms with Crippen LogP contribution in [0.25, 0.3) is 11.3 Å². The van der Waals surface area contributed by atoms with Crippen LogP contribution in [0.3, 0.4) is 0 Å². The molecule has 0 saturated heterocycles. The second-order valence-corrected chi connectivity index (χ2v) is 6.59. The van der Waals surface area contributed by atoms with E-state index in [1.165, 1.54) is 0 Å². The summed E-state index contributed by atoms with van der Waals surface area (Å²) in [4.78, 5) is 14.7. The highest BCUT2D eigenvalue weighted by molar-refractivity contribution is 6.30. The summed E-state index contributed by atoms with van der Waals surface area (Å²) in [5, 5.41) is 4.85. The number of nitrogens with zero attached hydrogens (tertiary/aromatic N) is 2. The molecule has 1 aliphatic rings. The Hall–Kier alpha value is -2.79. The van der Waals surface area contributed by atoms with Gasteiger partial charge in [0, 0.05) is 34.7 Å². The zero-order valence-electron chi connectivity index (χ0n) is 14.2. The second kappa shape index (κ2) is 6.84. The van der Waals surface area contributed by atoms with Gasteiger partial charge in [-0.05, 0) is 48.5 Å². The fourth-order valence-corrected chi connectivity index (χ4v) is 3.26. The average Bonchev–Trinajstić information content (AvgIpc) is 3.11. The summed E-state index contributed by atoms with van der Waals surface area (Å²) in [6.45, 7) is 1.09. The first kappa shape index (κ1) is 16.7. The Labute approximate surface area is 156 Å². The molecule has 2 heterocycles. The molecule has 26 heavy (non-hydrogen) atoms. The van der Waals surface area contributed by atoms with Gasteiger partial charge in [0.15, 0.2) is 5.76 Å². The molecule has 2 aromatic carbocycles.